The highest BCUT2D eigenvalue weighted by molar-refractivity contribution is 7.78. The molecule has 0 aliphatic heterocycles. The van der Waals surface area contributed by atoms with E-state index in [1.54, 1.807) is 12.1 Å². The Morgan fingerprint density at radius 3 is 2.50 bits per heavy atom. The van der Waals surface area contributed by atoms with Gasteiger partial charge in [0.2, 0.25) is 0 Å². The van der Waals surface area contributed by atoms with Crippen LogP contribution < -0.4 is 4.89 Å². The van der Waals surface area contributed by atoms with Crippen molar-refractivity contribution in [1.29, 1.82) is 0 Å². The lowest BCUT2D eigenvalue weighted by Crippen LogP contribution is -1.91. The summed E-state index contributed by atoms with van der Waals surface area (Å²) in [5.74, 6) is 0.611. The summed E-state index contributed by atoms with van der Waals surface area (Å²) >= 11 is 4.25. The number of hydrogen-bond donors (Lipinski definition) is 0. The van der Waals surface area contributed by atoms with Crippen LogP contribution in [0.4, 0.5) is 0 Å². The van der Waals surface area contributed by atoms with E-state index < -0.39 is 0 Å². The fraction of sp³-hybridized carbons (Fsp3) is 0. The first-order chi connectivity index (χ1) is 4.93. The van der Waals surface area contributed by atoms with Crippen molar-refractivity contribution in [2.45, 2.75) is 0 Å². The molecule has 0 unspecified atom stereocenters. The number of para-hydroxylation sites is 1. The third-order valence-electron chi connectivity index (χ3n) is 0.915. The predicted octanol–water partition coefficient (Wildman–Crippen LogP) is 1.83. The molecular weight excluding hydrogens is 148 g/mol. The zero-order valence-electron chi connectivity index (χ0n) is 5.11. The van der Waals surface area contributed by atoms with Crippen LogP contribution in [0.15, 0.2) is 30.3 Å². The molecule has 0 aliphatic carbocycles. The van der Waals surface area contributed by atoms with Gasteiger partial charge in [-0.25, -0.2) is 0 Å². The topological polar surface area (TPSA) is 18.5 Å². The normalized spacial score (nSPS) is 8.40. The van der Waals surface area contributed by atoms with E-state index in [2.05, 4.69) is 22.0 Å². The van der Waals surface area contributed by atoms with Crippen LogP contribution in [0, 0.1) is 0 Å². The summed E-state index contributed by atoms with van der Waals surface area (Å²) < 4.78 is 0. The van der Waals surface area contributed by atoms with Gasteiger partial charge < -0.3 is 0 Å². The zero-order valence-corrected chi connectivity index (χ0v) is 5.93. The zero-order chi connectivity index (χ0) is 7.23. The van der Waals surface area contributed by atoms with E-state index in [1.807, 2.05) is 23.8 Å². The monoisotopic (exact) mass is 153 g/mol. The first-order valence-electron chi connectivity index (χ1n) is 2.69. The third kappa shape index (κ3) is 2.03. The van der Waals surface area contributed by atoms with E-state index in [9.17, 15) is 0 Å². The molecular formula is C7H5O2S. The molecule has 1 aromatic carbocycles. The first kappa shape index (κ1) is 7.02. The van der Waals surface area contributed by atoms with Gasteiger partial charge in [0.25, 0.3) is 0 Å². The SMILES string of the molecule is S=[C]OOc1ccccc1. The van der Waals surface area contributed by atoms with Crippen molar-refractivity contribution in [3.63, 3.8) is 0 Å². The molecule has 0 aromatic heterocycles. The van der Waals surface area contributed by atoms with Crippen LogP contribution in [-0.4, -0.2) is 5.55 Å². The summed E-state index contributed by atoms with van der Waals surface area (Å²) in [5, 5.41) is 0. The molecule has 3 heteroatoms. The van der Waals surface area contributed by atoms with E-state index in [4.69, 9.17) is 0 Å². The molecule has 0 saturated carbocycles. The van der Waals surface area contributed by atoms with E-state index in [-0.39, 0.29) is 0 Å². The Hall–Kier alpha value is -1.09. The largest absolute Gasteiger partial charge is 0.300 e. The second kappa shape index (κ2) is 3.85. The average Bonchev–Trinajstić information content (AvgIpc) is 2.03. The minimum atomic E-state index is 0.611. The van der Waals surface area contributed by atoms with E-state index in [0.29, 0.717) is 5.75 Å². The molecule has 0 atom stereocenters. The van der Waals surface area contributed by atoms with Crippen LogP contribution in [-0.2, 0) is 4.89 Å². The third-order valence-corrected chi connectivity index (χ3v) is 0.983. The number of thiocarbonyl (C=S) groups is 1. The van der Waals surface area contributed by atoms with Crippen molar-refractivity contribution in [3.8, 4) is 5.75 Å². The lowest BCUT2D eigenvalue weighted by molar-refractivity contribution is -0.106. The minimum Gasteiger partial charge on any atom is -0.289 e. The quantitative estimate of drug-likeness (QED) is 0.375. The Balaban J connectivity index is 2.50. The summed E-state index contributed by atoms with van der Waals surface area (Å²) in [7, 11) is 0. The van der Waals surface area contributed by atoms with Crippen molar-refractivity contribution >= 4 is 17.8 Å². The smallest absolute Gasteiger partial charge is 0.289 e. The molecule has 10 heavy (non-hydrogen) atoms. The maximum absolute atomic E-state index is 4.64. The molecule has 0 amide bonds. The van der Waals surface area contributed by atoms with Gasteiger partial charge in [0.15, 0.2) is 5.75 Å². The first-order valence-corrected chi connectivity index (χ1v) is 3.10. The summed E-state index contributed by atoms with van der Waals surface area (Å²) in [6, 6.07) is 9.07. The average molecular weight is 153 g/mol. The lowest BCUT2D eigenvalue weighted by atomic mass is 10.3. The highest BCUT2D eigenvalue weighted by atomic mass is 32.1. The van der Waals surface area contributed by atoms with Crippen molar-refractivity contribution < 1.29 is 9.78 Å². The molecule has 2 nitrogen and oxygen atoms in total. The van der Waals surface area contributed by atoms with Crippen LogP contribution >= 0.6 is 12.2 Å². The summed E-state index contributed by atoms with van der Waals surface area (Å²) in [6.45, 7) is 0. The van der Waals surface area contributed by atoms with Crippen LogP contribution in [0.5, 0.6) is 5.75 Å². The summed E-state index contributed by atoms with van der Waals surface area (Å²) in [5.41, 5.74) is 1.98. The van der Waals surface area contributed by atoms with Gasteiger partial charge in [0, 0.05) is 0 Å². The number of benzene rings is 1. The summed E-state index contributed by atoms with van der Waals surface area (Å²) in [6.07, 6.45) is 0. The molecule has 0 heterocycles. The van der Waals surface area contributed by atoms with E-state index in [0.717, 1.165) is 0 Å². The Morgan fingerprint density at radius 1 is 1.20 bits per heavy atom. The second-order valence-corrected chi connectivity index (χ2v) is 1.73. The van der Waals surface area contributed by atoms with Crippen LogP contribution in [0.2, 0.25) is 0 Å². The van der Waals surface area contributed by atoms with Gasteiger partial charge in [0.1, 0.15) is 0 Å². The van der Waals surface area contributed by atoms with Crippen molar-refractivity contribution in [2.75, 3.05) is 0 Å². The predicted molar refractivity (Wildman–Crippen MR) is 40.8 cm³/mol. The fourth-order valence-electron chi connectivity index (χ4n) is 0.541. The highest BCUT2D eigenvalue weighted by Gasteiger charge is 1.87. The molecule has 0 N–H and O–H groups in total. The molecule has 1 radical (unpaired) electrons. The maximum atomic E-state index is 4.64. The minimum absolute atomic E-state index is 0.611. The van der Waals surface area contributed by atoms with Crippen LogP contribution in [0.3, 0.4) is 0 Å². The van der Waals surface area contributed by atoms with Gasteiger partial charge in [-0.1, -0.05) is 18.2 Å². The van der Waals surface area contributed by atoms with Crippen molar-refractivity contribution in [1.82, 2.24) is 0 Å². The Morgan fingerprint density at radius 2 is 1.90 bits per heavy atom. The van der Waals surface area contributed by atoms with Crippen molar-refractivity contribution in [3.05, 3.63) is 30.3 Å². The summed E-state index contributed by atoms with van der Waals surface area (Å²) in [4.78, 5) is 8.92. The Kier molecular flexibility index (Phi) is 2.70. The molecule has 0 aliphatic rings. The Bertz CT molecular complexity index is 198. The standard InChI is InChI=1S/C7H5O2S/c10-6-8-9-7-4-2-1-3-5-7/h1-5H. The van der Waals surface area contributed by atoms with Gasteiger partial charge in [0.05, 0.1) is 0 Å². The molecule has 1 rings (SSSR count). The van der Waals surface area contributed by atoms with Crippen LogP contribution in [0.1, 0.15) is 0 Å². The second-order valence-electron chi connectivity index (χ2n) is 1.56. The fourth-order valence-corrected chi connectivity index (χ4v) is 0.575. The van der Waals surface area contributed by atoms with Gasteiger partial charge >= 0.3 is 5.55 Å². The Labute approximate surface area is 64.3 Å². The molecule has 0 fully saturated rings. The number of rotatable bonds is 3. The molecule has 0 saturated heterocycles. The molecule has 0 spiro atoms. The molecule has 51 valence electrons. The van der Waals surface area contributed by atoms with Gasteiger partial charge in [-0.05, 0) is 24.4 Å². The van der Waals surface area contributed by atoms with E-state index in [1.165, 1.54) is 0 Å². The van der Waals surface area contributed by atoms with Gasteiger partial charge in [-0.15, -0.1) is 0 Å². The van der Waals surface area contributed by atoms with E-state index >= 15 is 0 Å². The van der Waals surface area contributed by atoms with Crippen LogP contribution in [0.25, 0.3) is 0 Å². The molecule has 0 bridgehead atoms. The van der Waals surface area contributed by atoms with Crippen molar-refractivity contribution in [2.24, 2.45) is 0 Å². The number of hydrogen-bond acceptors (Lipinski definition) is 3. The van der Waals surface area contributed by atoms with Gasteiger partial charge in [-0.2, -0.15) is 0 Å². The van der Waals surface area contributed by atoms with Gasteiger partial charge in [-0.3, -0.25) is 9.78 Å². The molecule has 1 aromatic rings. The lowest BCUT2D eigenvalue weighted by Gasteiger charge is -1.96. The maximum Gasteiger partial charge on any atom is 0.300 e. The highest BCUT2D eigenvalue weighted by Crippen LogP contribution is 2.07.